The van der Waals surface area contributed by atoms with E-state index in [1.54, 1.807) is 0 Å². The predicted octanol–water partition coefficient (Wildman–Crippen LogP) is 1.11. The summed E-state index contributed by atoms with van der Waals surface area (Å²) in [6.07, 6.45) is 3.55. The van der Waals surface area contributed by atoms with Gasteiger partial charge in [0.05, 0.1) is 0 Å². The van der Waals surface area contributed by atoms with Crippen molar-refractivity contribution in [3.63, 3.8) is 0 Å². The normalized spacial score (nSPS) is 13.5. The molecule has 5 heteroatoms. The predicted molar refractivity (Wildman–Crippen MR) is 45.8 cm³/mol. The first-order valence-corrected chi connectivity index (χ1v) is 6.23. The molecule has 0 aliphatic rings. The molecule has 0 heterocycles. The number of hydrogen-bond acceptors (Lipinski definition) is 3. The first-order chi connectivity index (χ1) is 5.49. The Morgan fingerprint density at radius 1 is 1.31 bits per heavy atom. The molecular weight excluding hydrogens is 234 g/mol. The van der Waals surface area contributed by atoms with Gasteiger partial charge in [-0.05, 0) is 12.1 Å². The SMILES string of the molecule is CCCCC(CC)CP(=O)([O-])[O-].[Co+2]. The quantitative estimate of drug-likeness (QED) is 0.664. The Labute approximate surface area is 90.7 Å². The molecular formula is C8H17CoO3P. The van der Waals surface area contributed by atoms with Gasteiger partial charge in [-0.1, -0.05) is 47.1 Å². The third-order valence-corrected chi connectivity index (χ3v) is 2.99. The van der Waals surface area contributed by atoms with E-state index < -0.39 is 7.60 Å². The Bertz CT molecular complexity index is 157. The molecule has 0 aromatic carbocycles. The Balaban J connectivity index is 0. The molecule has 0 saturated heterocycles. The summed E-state index contributed by atoms with van der Waals surface area (Å²) in [6.45, 7) is 3.98. The molecule has 0 bridgehead atoms. The molecule has 0 aliphatic heterocycles. The maximum Gasteiger partial charge on any atom is 2.00 e. The molecule has 81 valence electrons. The molecule has 0 N–H and O–H groups in total. The summed E-state index contributed by atoms with van der Waals surface area (Å²) in [4.78, 5) is 20.9. The summed E-state index contributed by atoms with van der Waals surface area (Å²) in [5.74, 6) is 0.0748. The van der Waals surface area contributed by atoms with Crippen LogP contribution in [0, 0.1) is 5.92 Å². The van der Waals surface area contributed by atoms with Gasteiger partial charge in [0.1, 0.15) is 0 Å². The summed E-state index contributed by atoms with van der Waals surface area (Å²) in [5.41, 5.74) is 0. The van der Waals surface area contributed by atoms with Crippen molar-refractivity contribution in [2.24, 2.45) is 5.92 Å². The van der Waals surface area contributed by atoms with Gasteiger partial charge in [0, 0.05) is 0 Å². The summed E-state index contributed by atoms with van der Waals surface area (Å²) in [6, 6.07) is 0. The van der Waals surface area contributed by atoms with Gasteiger partial charge in [0.15, 0.2) is 0 Å². The van der Waals surface area contributed by atoms with Gasteiger partial charge in [0.25, 0.3) is 0 Å². The summed E-state index contributed by atoms with van der Waals surface area (Å²) < 4.78 is 10.4. The van der Waals surface area contributed by atoms with Crippen LogP contribution in [0.2, 0.25) is 0 Å². The third-order valence-electron chi connectivity index (χ3n) is 2.03. The Morgan fingerprint density at radius 3 is 2.15 bits per heavy atom. The smallest absolute Gasteiger partial charge is 0.811 e. The van der Waals surface area contributed by atoms with Crippen molar-refractivity contribution >= 4 is 7.60 Å². The van der Waals surface area contributed by atoms with E-state index in [2.05, 4.69) is 6.92 Å². The maximum atomic E-state index is 10.4. The number of hydrogen-bond donors (Lipinski definition) is 0. The molecule has 0 aliphatic carbocycles. The topological polar surface area (TPSA) is 63.2 Å². The molecule has 0 aromatic heterocycles. The second kappa shape index (κ2) is 8.01. The van der Waals surface area contributed by atoms with Crippen LogP contribution in [0.4, 0.5) is 0 Å². The monoisotopic (exact) mass is 251 g/mol. The molecule has 0 saturated carbocycles. The summed E-state index contributed by atoms with van der Waals surface area (Å²) in [7, 11) is -4.28. The molecule has 1 radical (unpaired) electrons. The molecule has 0 fully saturated rings. The zero-order valence-electron chi connectivity index (χ0n) is 8.12. The van der Waals surface area contributed by atoms with Crippen LogP contribution in [0.5, 0.6) is 0 Å². The molecule has 13 heavy (non-hydrogen) atoms. The first kappa shape index (κ1) is 16.1. The maximum absolute atomic E-state index is 10.4. The van der Waals surface area contributed by atoms with Crippen molar-refractivity contribution in [1.82, 2.24) is 0 Å². The van der Waals surface area contributed by atoms with E-state index in [0.29, 0.717) is 0 Å². The van der Waals surface area contributed by atoms with Gasteiger partial charge in [-0.15, -0.1) is 0 Å². The minimum Gasteiger partial charge on any atom is -0.811 e. The second-order valence-corrected chi connectivity index (χ2v) is 4.80. The summed E-state index contributed by atoms with van der Waals surface area (Å²) in [5, 5.41) is 0. The van der Waals surface area contributed by atoms with Gasteiger partial charge in [-0.3, -0.25) is 0 Å². The van der Waals surface area contributed by atoms with Crippen LogP contribution >= 0.6 is 7.60 Å². The van der Waals surface area contributed by atoms with Crippen LogP contribution in [0.1, 0.15) is 39.5 Å². The molecule has 1 atom stereocenters. The van der Waals surface area contributed by atoms with Crippen molar-refractivity contribution in [2.75, 3.05) is 6.16 Å². The minimum absolute atomic E-state index is 0. The molecule has 3 nitrogen and oxygen atoms in total. The van der Waals surface area contributed by atoms with Crippen molar-refractivity contribution in [3.05, 3.63) is 0 Å². The van der Waals surface area contributed by atoms with Crippen molar-refractivity contribution in [2.45, 2.75) is 39.5 Å². The van der Waals surface area contributed by atoms with E-state index in [-0.39, 0.29) is 28.9 Å². The Morgan fingerprint density at radius 2 is 1.85 bits per heavy atom. The van der Waals surface area contributed by atoms with Crippen molar-refractivity contribution < 1.29 is 31.1 Å². The van der Waals surface area contributed by atoms with Crippen LogP contribution in [0.25, 0.3) is 0 Å². The van der Waals surface area contributed by atoms with Gasteiger partial charge < -0.3 is 14.4 Å². The van der Waals surface area contributed by atoms with Crippen molar-refractivity contribution in [1.29, 1.82) is 0 Å². The fourth-order valence-electron chi connectivity index (χ4n) is 1.23. The standard InChI is InChI=1S/C8H19O3P.Co/c1-3-5-6-8(4-2)7-12(9,10)11;/h8H,3-7H2,1-2H3,(H2,9,10,11);/q;+2/p-2. The second-order valence-electron chi connectivity index (χ2n) is 3.21. The van der Waals surface area contributed by atoms with E-state index in [1.807, 2.05) is 6.92 Å². The molecule has 0 spiro atoms. The van der Waals surface area contributed by atoms with E-state index in [0.717, 1.165) is 25.7 Å². The summed E-state index contributed by atoms with van der Waals surface area (Å²) >= 11 is 0. The van der Waals surface area contributed by atoms with Crippen molar-refractivity contribution in [3.8, 4) is 0 Å². The Kier molecular flexibility index (Phi) is 9.91. The van der Waals surface area contributed by atoms with Crippen LogP contribution in [0.3, 0.4) is 0 Å². The fourth-order valence-corrected chi connectivity index (χ4v) is 2.31. The van der Waals surface area contributed by atoms with Gasteiger partial charge in [0.2, 0.25) is 0 Å². The Hall–Kier alpha value is 0.656. The molecule has 0 rings (SSSR count). The van der Waals surface area contributed by atoms with Crippen LogP contribution < -0.4 is 9.79 Å². The van der Waals surface area contributed by atoms with Gasteiger partial charge >= 0.3 is 16.8 Å². The van der Waals surface area contributed by atoms with Crippen LogP contribution in [0.15, 0.2) is 0 Å². The van der Waals surface area contributed by atoms with Crippen LogP contribution in [-0.4, -0.2) is 6.16 Å². The fraction of sp³-hybridized carbons (Fsp3) is 1.00. The van der Waals surface area contributed by atoms with Gasteiger partial charge in [-0.2, -0.15) is 0 Å². The molecule has 1 unspecified atom stereocenters. The van der Waals surface area contributed by atoms with Crippen LogP contribution in [-0.2, 0) is 21.3 Å². The molecule has 0 amide bonds. The van der Waals surface area contributed by atoms with E-state index in [1.165, 1.54) is 0 Å². The van der Waals surface area contributed by atoms with Gasteiger partial charge in [-0.25, -0.2) is 0 Å². The van der Waals surface area contributed by atoms with E-state index in [4.69, 9.17) is 0 Å². The van der Waals surface area contributed by atoms with E-state index in [9.17, 15) is 14.4 Å². The number of unbranched alkanes of at least 4 members (excludes halogenated alkanes) is 1. The molecule has 0 aromatic rings. The zero-order chi connectivity index (χ0) is 9.61. The first-order valence-electron chi connectivity index (χ1n) is 4.50. The third kappa shape index (κ3) is 10.6. The largest absolute Gasteiger partial charge is 2.00 e. The van der Waals surface area contributed by atoms with E-state index >= 15 is 0 Å². The number of rotatable bonds is 6. The minimum atomic E-state index is -4.28. The zero-order valence-corrected chi connectivity index (χ0v) is 10.1. The average molecular weight is 251 g/mol. The average Bonchev–Trinajstić information content (AvgIpc) is 1.95.